The summed E-state index contributed by atoms with van der Waals surface area (Å²) in [7, 11) is 5.53. The molecule has 1 rings (SSSR count). The maximum absolute atomic E-state index is 12.6. The van der Waals surface area contributed by atoms with Crippen molar-refractivity contribution in [3.63, 3.8) is 0 Å². The van der Waals surface area contributed by atoms with E-state index in [2.05, 4.69) is 0 Å². The number of hydrogen-bond acceptors (Lipinski definition) is 4. The van der Waals surface area contributed by atoms with Gasteiger partial charge in [0.2, 0.25) is 0 Å². The van der Waals surface area contributed by atoms with Crippen LogP contribution in [-0.4, -0.2) is 55.6 Å². The zero-order valence-electron chi connectivity index (χ0n) is 13.4. The number of likely N-dealkylation sites (N-methyl/N-ethyl adjacent to an activating group) is 1. The molecule has 0 aromatic carbocycles. The lowest BCUT2D eigenvalue weighted by molar-refractivity contribution is -0.152. The molecule has 5 nitrogen and oxygen atoms in total. The van der Waals surface area contributed by atoms with Crippen molar-refractivity contribution in [1.29, 1.82) is 0 Å². The molecule has 0 aliphatic heterocycles. The van der Waals surface area contributed by atoms with Crippen LogP contribution in [0.4, 0.5) is 0 Å². The number of amides is 1. The van der Waals surface area contributed by atoms with Gasteiger partial charge in [0.05, 0.1) is 6.54 Å². The highest BCUT2D eigenvalue weighted by atomic mass is 16.5. The Hall–Kier alpha value is -1.33. The van der Waals surface area contributed by atoms with E-state index in [9.17, 15) is 4.79 Å². The third-order valence-electron chi connectivity index (χ3n) is 3.27. The fourth-order valence-corrected chi connectivity index (χ4v) is 1.80. The second kappa shape index (κ2) is 6.90. The molecule has 0 aliphatic rings. The van der Waals surface area contributed by atoms with Gasteiger partial charge in [-0.2, -0.15) is 0 Å². The van der Waals surface area contributed by atoms with Crippen LogP contribution in [-0.2, 0) is 16.1 Å². The first-order chi connectivity index (χ1) is 9.26. The van der Waals surface area contributed by atoms with Crippen LogP contribution in [0.5, 0.6) is 0 Å². The minimum Gasteiger partial charge on any atom is -0.464 e. The Morgan fingerprint density at radius 1 is 1.30 bits per heavy atom. The summed E-state index contributed by atoms with van der Waals surface area (Å²) in [6.45, 7) is 7.36. The molecule has 0 saturated heterocycles. The number of hydrogen-bond donors (Lipinski definition) is 0. The lowest BCUT2D eigenvalue weighted by atomic mass is 10.1. The zero-order chi connectivity index (χ0) is 15.3. The Morgan fingerprint density at radius 3 is 2.40 bits per heavy atom. The van der Waals surface area contributed by atoms with Crippen molar-refractivity contribution in [2.75, 3.05) is 34.3 Å². The number of nitrogens with zero attached hydrogens (tertiary/aromatic N) is 2. The van der Waals surface area contributed by atoms with Crippen molar-refractivity contribution in [2.24, 2.45) is 0 Å². The largest absolute Gasteiger partial charge is 0.464 e. The number of rotatable bonds is 7. The van der Waals surface area contributed by atoms with E-state index in [-0.39, 0.29) is 5.91 Å². The summed E-state index contributed by atoms with van der Waals surface area (Å²) in [5, 5.41) is 0. The fourth-order valence-electron chi connectivity index (χ4n) is 1.80. The quantitative estimate of drug-likeness (QED) is 0.766. The average molecular weight is 282 g/mol. The van der Waals surface area contributed by atoms with Crippen LogP contribution in [0.15, 0.2) is 16.5 Å². The van der Waals surface area contributed by atoms with Crippen molar-refractivity contribution in [3.8, 4) is 0 Å². The smallest absolute Gasteiger partial charge is 0.254 e. The van der Waals surface area contributed by atoms with Gasteiger partial charge in [-0.1, -0.05) is 0 Å². The lowest BCUT2D eigenvalue weighted by Gasteiger charge is -2.31. The van der Waals surface area contributed by atoms with E-state index in [1.807, 2.05) is 38.1 Å². The molecule has 114 valence electrons. The first-order valence-corrected chi connectivity index (χ1v) is 6.81. The molecular formula is C15H26N2O3. The molecule has 0 spiro atoms. The van der Waals surface area contributed by atoms with E-state index in [1.165, 1.54) is 0 Å². The topological polar surface area (TPSA) is 45.9 Å². The van der Waals surface area contributed by atoms with Crippen molar-refractivity contribution >= 4 is 5.91 Å². The van der Waals surface area contributed by atoms with Crippen molar-refractivity contribution in [1.82, 2.24) is 9.80 Å². The molecule has 1 aromatic rings. The molecule has 0 fully saturated rings. The second-order valence-electron chi connectivity index (χ2n) is 5.76. The van der Waals surface area contributed by atoms with Gasteiger partial charge >= 0.3 is 0 Å². The monoisotopic (exact) mass is 282 g/mol. The summed E-state index contributed by atoms with van der Waals surface area (Å²) >= 11 is 0. The van der Waals surface area contributed by atoms with Crippen molar-refractivity contribution in [2.45, 2.75) is 32.9 Å². The Labute approximate surface area is 121 Å². The van der Waals surface area contributed by atoms with Gasteiger partial charge in [-0.3, -0.25) is 4.79 Å². The third-order valence-corrected chi connectivity index (χ3v) is 3.27. The molecular weight excluding hydrogens is 256 g/mol. The number of carbonyl (C=O) groups excluding carboxylic acids is 1. The van der Waals surface area contributed by atoms with Crippen LogP contribution in [0.3, 0.4) is 0 Å². The summed E-state index contributed by atoms with van der Waals surface area (Å²) in [6.07, 6.45) is 0. The van der Waals surface area contributed by atoms with Gasteiger partial charge in [-0.05, 0) is 47.0 Å². The van der Waals surface area contributed by atoms with Gasteiger partial charge in [0.1, 0.15) is 17.1 Å². The van der Waals surface area contributed by atoms with Crippen molar-refractivity contribution < 1.29 is 13.9 Å². The normalized spacial score (nSPS) is 11.9. The fraction of sp³-hybridized carbons (Fsp3) is 0.667. The Kier molecular flexibility index (Phi) is 5.77. The van der Waals surface area contributed by atoms with E-state index in [4.69, 9.17) is 9.15 Å². The van der Waals surface area contributed by atoms with Crippen LogP contribution in [0.2, 0.25) is 0 Å². The highest BCUT2D eigenvalue weighted by Crippen LogP contribution is 2.16. The predicted molar refractivity (Wildman–Crippen MR) is 78.5 cm³/mol. The van der Waals surface area contributed by atoms with E-state index >= 15 is 0 Å². The van der Waals surface area contributed by atoms with Crippen LogP contribution in [0.25, 0.3) is 0 Å². The maximum Gasteiger partial charge on any atom is 0.254 e. The maximum atomic E-state index is 12.6. The molecule has 20 heavy (non-hydrogen) atoms. The number of aryl methyl sites for hydroxylation is 1. The molecule has 1 amide bonds. The highest BCUT2D eigenvalue weighted by Gasteiger charge is 2.32. The molecule has 0 bridgehead atoms. The average Bonchev–Trinajstić information content (AvgIpc) is 2.78. The van der Waals surface area contributed by atoms with Gasteiger partial charge in [0.25, 0.3) is 5.91 Å². The van der Waals surface area contributed by atoms with E-state index in [0.717, 1.165) is 18.1 Å². The van der Waals surface area contributed by atoms with Crippen LogP contribution in [0.1, 0.15) is 25.4 Å². The number of methoxy groups -OCH3 is 1. The molecule has 1 heterocycles. The van der Waals surface area contributed by atoms with Crippen molar-refractivity contribution in [3.05, 3.63) is 23.7 Å². The van der Waals surface area contributed by atoms with Gasteiger partial charge in [0, 0.05) is 20.2 Å². The summed E-state index contributed by atoms with van der Waals surface area (Å²) in [5.74, 6) is 1.61. The minimum absolute atomic E-state index is 0.0316. The molecule has 0 aliphatic carbocycles. The Morgan fingerprint density at radius 2 is 1.95 bits per heavy atom. The highest BCUT2D eigenvalue weighted by molar-refractivity contribution is 5.84. The number of ether oxygens (including phenoxy) is 1. The number of furan rings is 1. The Bertz CT molecular complexity index is 438. The number of carbonyl (C=O) groups is 1. The molecule has 0 unspecified atom stereocenters. The first kappa shape index (κ1) is 16.7. The van der Waals surface area contributed by atoms with Crippen LogP contribution in [0, 0.1) is 6.92 Å². The van der Waals surface area contributed by atoms with Crippen LogP contribution < -0.4 is 0 Å². The van der Waals surface area contributed by atoms with E-state index in [0.29, 0.717) is 13.1 Å². The standard InChI is InChI=1S/C15H26N2O3/c1-12-7-8-13(20-12)11-17(10-9-16(4)5)14(18)15(2,3)19-6/h7-8H,9-11H2,1-6H3. The minimum atomic E-state index is -0.825. The van der Waals surface area contributed by atoms with Gasteiger partial charge < -0.3 is 19.0 Å². The molecule has 5 heteroatoms. The molecule has 1 aromatic heterocycles. The summed E-state index contributed by atoms with van der Waals surface area (Å²) in [4.78, 5) is 16.4. The zero-order valence-corrected chi connectivity index (χ0v) is 13.4. The summed E-state index contributed by atoms with van der Waals surface area (Å²) in [6, 6.07) is 3.82. The van der Waals surface area contributed by atoms with Gasteiger partial charge in [-0.25, -0.2) is 0 Å². The predicted octanol–water partition coefficient (Wildman–Crippen LogP) is 1.90. The van der Waals surface area contributed by atoms with E-state index < -0.39 is 5.60 Å². The third kappa shape index (κ3) is 4.65. The van der Waals surface area contributed by atoms with E-state index in [1.54, 1.807) is 25.9 Å². The molecule has 0 radical (unpaired) electrons. The molecule has 0 N–H and O–H groups in total. The second-order valence-corrected chi connectivity index (χ2v) is 5.76. The molecule has 0 saturated carbocycles. The Balaban J connectivity index is 2.81. The summed E-state index contributed by atoms with van der Waals surface area (Å²) in [5.41, 5.74) is -0.825. The SMILES string of the molecule is COC(C)(C)C(=O)N(CCN(C)C)Cc1ccc(C)o1. The van der Waals surface area contributed by atoms with Crippen LogP contribution >= 0.6 is 0 Å². The van der Waals surface area contributed by atoms with Gasteiger partial charge in [0.15, 0.2) is 0 Å². The van der Waals surface area contributed by atoms with Gasteiger partial charge in [-0.15, -0.1) is 0 Å². The first-order valence-electron chi connectivity index (χ1n) is 6.81. The summed E-state index contributed by atoms with van der Waals surface area (Å²) < 4.78 is 10.9. The lowest BCUT2D eigenvalue weighted by Crippen LogP contribution is -2.47. The molecule has 0 atom stereocenters.